The molecule has 1 aliphatic heterocycles. The highest BCUT2D eigenvalue weighted by Gasteiger charge is 2.42. The lowest BCUT2D eigenvalue weighted by Crippen LogP contribution is -2.30. The maximum Gasteiger partial charge on any atom is 0.174 e. The van der Waals surface area contributed by atoms with Crippen LogP contribution < -0.4 is 10.2 Å². The Bertz CT molecular complexity index is 1010. The van der Waals surface area contributed by atoms with Crippen LogP contribution in [0.25, 0.3) is 0 Å². The summed E-state index contributed by atoms with van der Waals surface area (Å²) < 4.78 is 17.1. The summed E-state index contributed by atoms with van der Waals surface area (Å²) in [4.78, 5) is 6.46. The molecular formula is C23H23FN4S. The summed E-state index contributed by atoms with van der Waals surface area (Å²) in [7, 11) is 0. The molecule has 148 valence electrons. The molecule has 2 aliphatic rings. The summed E-state index contributed by atoms with van der Waals surface area (Å²) in [6.07, 6.45) is 11.1. The first-order chi connectivity index (χ1) is 14.2. The highest BCUT2D eigenvalue weighted by molar-refractivity contribution is 7.80. The second-order valence-electron chi connectivity index (χ2n) is 7.78. The largest absolute Gasteiger partial charge is 0.351 e. The van der Waals surface area contributed by atoms with Gasteiger partial charge < -0.3 is 14.8 Å². The van der Waals surface area contributed by atoms with Gasteiger partial charge in [0, 0.05) is 24.6 Å². The van der Waals surface area contributed by atoms with Gasteiger partial charge >= 0.3 is 0 Å². The molecule has 0 unspecified atom stereocenters. The van der Waals surface area contributed by atoms with Gasteiger partial charge in [0.1, 0.15) is 5.82 Å². The highest BCUT2D eigenvalue weighted by atomic mass is 32.1. The molecule has 5 rings (SSSR count). The van der Waals surface area contributed by atoms with Gasteiger partial charge in [-0.25, -0.2) is 4.39 Å². The Balaban J connectivity index is 1.59. The molecule has 0 amide bonds. The molecule has 3 heterocycles. The molecule has 3 aromatic rings. The second kappa shape index (κ2) is 7.59. The average Bonchev–Trinajstić information content (AvgIpc) is 3.48. The number of thiocarbonyl (C=S) groups is 1. The number of nitrogens with one attached hydrogen (secondary N) is 1. The van der Waals surface area contributed by atoms with Crippen molar-refractivity contribution in [1.82, 2.24) is 14.9 Å². The van der Waals surface area contributed by atoms with Crippen molar-refractivity contribution in [1.29, 1.82) is 0 Å². The maximum atomic E-state index is 14.7. The van der Waals surface area contributed by atoms with Crippen LogP contribution in [0.2, 0.25) is 0 Å². The minimum Gasteiger partial charge on any atom is -0.351 e. The summed E-state index contributed by atoms with van der Waals surface area (Å²) in [5.41, 5.74) is 2.50. The van der Waals surface area contributed by atoms with Crippen LogP contribution >= 0.6 is 12.2 Å². The van der Waals surface area contributed by atoms with E-state index < -0.39 is 0 Å². The normalized spacial score (nSPS) is 22.2. The van der Waals surface area contributed by atoms with Crippen LogP contribution in [-0.2, 0) is 0 Å². The summed E-state index contributed by atoms with van der Waals surface area (Å²) in [5, 5.41) is 3.91. The molecule has 0 bridgehead atoms. The Morgan fingerprint density at radius 2 is 1.83 bits per heavy atom. The molecule has 2 fully saturated rings. The molecule has 2 aromatic heterocycles. The quantitative estimate of drug-likeness (QED) is 0.595. The van der Waals surface area contributed by atoms with E-state index in [9.17, 15) is 4.39 Å². The minimum absolute atomic E-state index is 0.150. The van der Waals surface area contributed by atoms with Gasteiger partial charge in [-0.3, -0.25) is 4.98 Å². The SMILES string of the molecule is Fc1ccccc1N1C(=S)N[C@@H](c2ccccn2)[C@H]1c1ccn(C2CCCC2)c1. The fraction of sp³-hybridized carbons (Fsp3) is 0.304. The molecular weight excluding hydrogens is 383 g/mol. The molecule has 0 spiro atoms. The topological polar surface area (TPSA) is 33.1 Å². The zero-order chi connectivity index (χ0) is 19.8. The van der Waals surface area contributed by atoms with Crippen molar-refractivity contribution in [3.05, 3.63) is 84.2 Å². The molecule has 4 nitrogen and oxygen atoms in total. The molecule has 1 aromatic carbocycles. The smallest absolute Gasteiger partial charge is 0.174 e. The molecule has 1 aliphatic carbocycles. The molecule has 1 saturated heterocycles. The Morgan fingerprint density at radius 3 is 2.59 bits per heavy atom. The molecule has 1 N–H and O–H groups in total. The number of para-hydroxylation sites is 1. The van der Waals surface area contributed by atoms with Crippen LogP contribution in [-0.4, -0.2) is 14.7 Å². The lowest BCUT2D eigenvalue weighted by Gasteiger charge is -2.27. The van der Waals surface area contributed by atoms with E-state index in [4.69, 9.17) is 12.2 Å². The lowest BCUT2D eigenvalue weighted by molar-refractivity contribution is 0.514. The first-order valence-corrected chi connectivity index (χ1v) is 10.6. The van der Waals surface area contributed by atoms with Crippen LogP contribution in [0.5, 0.6) is 0 Å². The van der Waals surface area contributed by atoms with Crippen LogP contribution in [0.1, 0.15) is 55.1 Å². The van der Waals surface area contributed by atoms with Crippen LogP contribution in [0, 0.1) is 5.82 Å². The van der Waals surface area contributed by atoms with Crippen molar-refractivity contribution in [3.63, 3.8) is 0 Å². The van der Waals surface area contributed by atoms with E-state index in [2.05, 4.69) is 33.3 Å². The van der Waals surface area contributed by atoms with Gasteiger partial charge in [-0.15, -0.1) is 0 Å². The zero-order valence-corrected chi connectivity index (χ0v) is 16.9. The van der Waals surface area contributed by atoms with Gasteiger partial charge in [0.15, 0.2) is 5.11 Å². The highest BCUT2D eigenvalue weighted by Crippen LogP contribution is 2.43. The summed E-state index contributed by atoms with van der Waals surface area (Å²) in [5.74, 6) is -0.279. The van der Waals surface area contributed by atoms with E-state index in [1.807, 2.05) is 29.2 Å². The van der Waals surface area contributed by atoms with Crippen molar-refractivity contribution < 1.29 is 4.39 Å². The van der Waals surface area contributed by atoms with Crippen molar-refractivity contribution in [2.24, 2.45) is 0 Å². The second-order valence-corrected chi connectivity index (χ2v) is 8.17. The van der Waals surface area contributed by atoms with Gasteiger partial charge in [-0.1, -0.05) is 31.0 Å². The van der Waals surface area contributed by atoms with Gasteiger partial charge in [0.05, 0.1) is 23.5 Å². The van der Waals surface area contributed by atoms with Crippen LogP contribution in [0.3, 0.4) is 0 Å². The van der Waals surface area contributed by atoms with Crippen molar-refractivity contribution in [2.75, 3.05) is 4.90 Å². The Kier molecular flexibility index (Phi) is 4.79. The number of pyridine rings is 1. The number of benzene rings is 1. The van der Waals surface area contributed by atoms with Gasteiger partial charge in [-0.05, 0) is 61.0 Å². The van der Waals surface area contributed by atoms with E-state index in [0.29, 0.717) is 16.8 Å². The predicted molar refractivity (Wildman–Crippen MR) is 116 cm³/mol. The molecule has 6 heteroatoms. The third-order valence-corrected chi connectivity index (χ3v) is 6.35. The monoisotopic (exact) mass is 406 g/mol. The van der Waals surface area contributed by atoms with E-state index >= 15 is 0 Å². The minimum atomic E-state index is -0.279. The van der Waals surface area contributed by atoms with E-state index in [1.165, 1.54) is 31.7 Å². The van der Waals surface area contributed by atoms with Crippen LogP contribution in [0.4, 0.5) is 10.1 Å². The summed E-state index contributed by atoms with van der Waals surface area (Å²) >= 11 is 5.66. The standard InChI is InChI=1S/C23H23FN4S/c24-18-9-3-4-11-20(18)28-22(16-12-14-27(15-16)17-7-1-2-8-17)21(26-23(28)29)19-10-5-6-13-25-19/h3-6,9-15,17,21-22H,1-2,7-8H2,(H,26,29)/t21-,22+/m0/s1. The fourth-order valence-corrected chi connectivity index (χ4v) is 4.97. The number of aromatic nitrogens is 2. The Labute approximate surface area is 175 Å². The molecule has 2 atom stereocenters. The maximum absolute atomic E-state index is 14.7. The molecule has 29 heavy (non-hydrogen) atoms. The Morgan fingerprint density at radius 1 is 1.03 bits per heavy atom. The fourth-order valence-electron chi connectivity index (χ4n) is 4.64. The van der Waals surface area contributed by atoms with Crippen LogP contribution in [0.15, 0.2) is 67.1 Å². The van der Waals surface area contributed by atoms with Gasteiger partial charge in [0.25, 0.3) is 0 Å². The van der Waals surface area contributed by atoms with E-state index in [0.717, 1.165) is 11.3 Å². The van der Waals surface area contributed by atoms with E-state index in [-0.39, 0.29) is 17.9 Å². The average molecular weight is 407 g/mol. The number of halogens is 1. The van der Waals surface area contributed by atoms with Crippen molar-refractivity contribution in [3.8, 4) is 0 Å². The summed E-state index contributed by atoms with van der Waals surface area (Å²) in [6.45, 7) is 0. The third-order valence-electron chi connectivity index (χ3n) is 6.04. The number of nitrogens with zero attached hydrogens (tertiary/aromatic N) is 3. The molecule has 0 radical (unpaired) electrons. The van der Waals surface area contributed by atoms with Gasteiger partial charge in [0.2, 0.25) is 0 Å². The number of anilines is 1. The first kappa shape index (κ1) is 18.3. The Hall–Kier alpha value is -2.73. The van der Waals surface area contributed by atoms with Gasteiger partial charge in [-0.2, -0.15) is 0 Å². The van der Waals surface area contributed by atoms with Crippen molar-refractivity contribution >= 4 is 23.0 Å². The number of rotatable bonds is 4. The van der Waals surface area contributed by atoms with E-state index in [1.54, 1.807) is 18.3 Å². The first-order valence-electron chi connectivity index (χ1n) is 10.1. The molecule has 1 saturated carbocycles. The van der Waals surface area contributed by atoms with Crippen molar-refractivity contribution in [2.45, 2.75) is 43.8 Å². The summed E-state index contributed by atoms with van der Waals surface area (Å²) in [6, 6.07) is 15.0. The number of hydrogen-bond acceptors (Lipinski definition) is 2. The predicted octanol–water partition coefficient (Wildman–Crippen LogP) is 5.31. The lowest BCUT2D eigenvalue weighted by atomic mass is 9.98. The third kappa shape index (κ3) is 3.31. The number of hydrogen-bond donors (Lipinski definition) is 1. The zero-order valence-electron chi connectivity index (χ0n) is 16.0.